The minimum absolute atomic E-state index is 0.195. The number of hydrogen-bond donors (Lipinski definition) is 0. The third-order valence-corrected chi connectivity index (χ3v) is 4.26. The molecule has 0 bridgehead atoms. The van der Waals surface area contributed by atoms with E-state index in [0.29, 0.717) is 0 Å². The molecule has 2 heterocycles. The minimum Gasteiger partial charge on any atom is -0.464 e. The van der Waals surface area contributed by atoms with Crippen LogP contribution in [-0.2, 0) is 0 Å². The number of nitrogens with zero attached hydrogens (tertiary/aromatic N) is 2. The lowest BCUT2D eigenvalue weighted by Crippen LogP contribution is -2.33. The first-order valence-electron chi connectivity index (χ1n) is 7.06. The largest absolute Gasteiger partial charge is 0.464 e. The highest BCUT2D eigenvalue weighted by Crippen LogP contribution is 2.46. The van der Waals surface area contributed by atoms with Crippen LogP contribution in [0.3, 0.4) is 0 Å². The quantitative estimate of drug-likeness (QED) is 0.771. The monoisotopic (exact) mass is 298 g/mol. The first-order chi connectivity index (χ1) is 10.2. The van der Waals surface area contributed by atoms with Gasteiger partial charge in [0, 0.05) is 28.3 Å². The predicted octanol–water partition coefficient (Wildman–Crippen LogP) is 4.55. The van der Waals surface area contributed by atoms with Crippen molar-refractivity contribution < 1.29 is 4.74 Å². The molecule has 0 amide bonds. The van der Waals surface area contributed by atoms with Gasteiger partial charge < -0.3 is 4.74 Å². The Labute approximate surface area is 128 Å². The molecule has 0 radical (unpaired) electrons. The Bertz CT molecular complexity index is 711. The average Bonchev–Trinajstić information content (AvgIpc) is 2.89. The van der Waals surface area contributed by atoms with Gasteiger partial charge in [-0.1, -0.05) is 41.9 Å². The van der Waals surface area contributed by atoms with Gasteiger partial charge in [-0.2, -0.15) is 5.10 Å². The first-order valence-corrected chi connectivity index (χ1v) is 7.43. The van der Waals surface area contributed by atoms with Gasteiger partial charge in [0.2, 0.25) is 6.23 Å². The molecule has 0 saturated carbocycles. The minimum atomic E-state index is -0.195. The SMILES string of the molecule is CC1=NN2[C@H](C1)c1ccccc1O[C@@H]2c1ccc(Cl)cc1. The highest BCUT2D eigenvalue weighted by molar-refractivity contribution is 6.30. The Balaban J connectivity index is 1.80. The summed E-state index contributed by atoms with van der Waals surface area (Å²) in [5, 5.41) is 7.48. The van der Waals surface area contributed by atoms with Crippen molar-refractivity contribution in [1.82, 2.24) is 5.01 Å². The molecule has 0 saturated heterocycles. The lowest BCUT2D eigenvalue weighted by molar-refractivity contribution is -0.0190. The Morgan fingerprint density at radius 3 is 2.71 bits per heavy atom. The van der Waals surface area contributed by atoms with Crippen molar-refractivity contribution in [2.24, 2.45) is 5.10 Å². The Morgan fingerprint density at radius 1 is 1.14 bits per heavy atom. The molecule has 2 aliphatic rings. The fraction of sp³-hybridized carbons (Fsp3) is 0.235. The zero-order chi connectivity index (χ0) is 14.4. The van der Waals surface area contributed by atoms with Gasteiger partial charge in [-0.15, -0.1) is 0 Å². The number of ether oxygens (including phenoxy) is 1. The lowest BCUT2D eigenvalue weighted by atomic mass is 9.98. The zero-order valence-electron chi connectivity index (χ0n) is 11.7. The van der Waals surface area contributed by atoms with Crippen molar-refractivity contribution in [3.63, 3.8) is 0 Å². The van der Waals surface area contributed by atoms with Crippen LogP contribution in [0.5, 0.6) is 5.75 Å². The Morgan fingerprint density at radius 2 is 1.90 bits per heavy atom. The van der Waals surface area contributed by atoms with Crippen LogP contribution in [0.15, 0.2) is 53.6 Å². The highest BCUT2D eigenvalue weighted by Gasteiger charge is 2.39. The molecule has 4 heteroatoms. The molecule has 0 spiro atoms. The van der Waals surface area contributed by atoms with Crippen LogP contribution in [0.4, 0.5) is 0 Å². The fourth-order valence-electron chi connectivity index (χ4n) is 3.03. The van der Waals surface area contributed by atoms with Crippen LogP contribution in [0.2, 0.25) is 5.02 Å². The smallest absolute Gasteiger partial charge is 0.213 e. The zero-order valence-corrected chi connectivity index (χ0v) is 12.4. The summed E-state index contributed by atoms with van der Waals surface area (Å²) in [6, 6.07) is 16.3. The van der Waals surface area contributed by atoms with Gasteiger partial charge in [-0.25, -0.2) is 5.01 Å². The van der Waals surface area contributed by atoms with Crippen molar-refractivity contribution in [3.8, 4) is 5.75 Å². The van der Waals surface area contributed by atoms with E-state index in [9.17, 15) is 0 Å². The number of hydrogen-bond acceptors (Lipinski definition) is 3. The molecule has 2 aromatic rings. The summed E-state index contributed by atoms with van der Waals surface area (Å²) < 4.78 is 6.20. The van der Waals surface area contributed by atoms with Crippen LogP contribution in [0, 0.1) is 0 Å². The molecule has 0 aliphatic carbocycles. The molecule has 0 fully saturated rings. The summed E-state index contributed by atoms with van der Waals surface area (Å²) in [5.74, 6) is 0.948. The first kappa shape index (κ1) is 12.7. The molecule has 21 heavy (non-hydrogen) atoms. The summed E-state index contributed by atoms with van der Waals surface area (Å²) in [5.41, 5.74) is 3.42. The lowest BCUT2D eigenvalue weighted by Gasteiger charge is -2.38. The van der Waals surface area contributed by atoms with E-state index in [0.717, 1.165) is 28.5 Å². The van der Waals surface area contributed by atoms with Gasteiger partial charge in [0.15, 0.2) is 0 Å². The molecule has 4 rings (SSSR count). The number of benzene rings is 2. The second-order valence-electron chi connectivity index (χ2n) is 5.49. The van der Waals surface area contributed by atoms with Crippen molar-refractivity contribution >= 4 is 17.3 Å². The van der Waals surface area contributed by atoms with Crippen LogP contribution in [-0.4, -0.2) is 10.7 Å². The summed E-state index contributed by atoms with van der Waals surface area (Å²) in [6.07, 6.45) is 0.754. The fourth-order valence-corrected chi connectivity index (χ4v) is 3.16. The van der Waals surface area contributed by atoms with Crippen molar-refractivity contribution in [2.45, 2.75) is 25.6 Å². The maximum atomic E-state index is 6.20. The molecule has 2 aromatic carbocycles. The maximum Gasteiger partial charge on any atom is 0.213 e. The average molecular weight is 299 g/mol. The van der Waals surface area contributed by atoms with Crippen LogP contribution in [0.25, 0.3) is 0 Å². The molecule has 2 atom stereocenters. The standard InChI is InChI=1S/C17H15ClN2O/c1-11-10-15-14-4-2-3-5-16(14)21-17(20(15)19-11)12-6-8-13(18)9-7-12/h2-9,15,17H,10H2,1H3/t15-,17-/m1/s1. The number of para-hydroxylation sites is 1. The third-order valence-electron chi connectivity index (χ3n) is 4.01. The van der Waals surface area contributed by atoms with Gasteiger partial charge in [0.05, 0.1) is 6.04 Å². The summed E-state index contributed by atoms with van der Waals surface area (Å²) in [4.78, 5) is 0. The van der Waals surface area contributed by atoms with E-state index in [1.165, 1.54) is 5.56 Å². The molecule has 2 aliphatic heterocycles. The van der Waals surface area contributed by atoms with Gasteiger partial charge in [0.1, 0.15) is 5.75 Å². The topological polar surface area (TPSA) is 24.8 Å². The van der Waals surface area contributed by atoms with E-state index in [1.54, 1.807) is 0 Å². The predicted molar refractivity (Wildman–Crippen MR) is 83.6 cm³/mol. The van der Waals surface area contributed by atoms with Gasteiger partial charge >= 0.3 is 0 Å². The second kappa shape index (κ2) is 4.78. The summed E-state index contributed by atoms with van der Waals surface area (Å²) in [6.45, 7) is 2.07. The highest BCUT2D eigenvalue weighted by atomic mass is 35.5. The van der Waals surface area contributed by atoms with E-state index in [4.69, 9.17) is 16.3 Å². The molecule has 3 nitrogen and oxygen atoms in total. The molecule has 0 aromatic heterocycles. The van der Waals surface area contributed by atoms with Crippen molar-refractivity contribution in [2.75, 3.05) is 0 Å². The maximum absolute atomic E-state index is 6.20. The number of halogens is 1. The molecular weight excluding hydrogens is 284 g/mol. The number of fused-ring (bicyclic) bond motifs is 3. The van der Waals surface area contributed by atoms with Gasteiger partial charge in [0.25, 0.3) is 0 Å². The second-order valence-corrected chi connectivity index (χ2v) is 5.93. The van der Waals surface area contributed by atoms with Crippen LogP contribution in [0.1, 0.15) is 36.7 Å². The van der Waals surface area contributed by atoms with Crippen molar-refractivity contribution in [3.05, 3.63) is 64.7 Å². The van der Waals surface area contributed by atoms with Crippen LogP contribution >= 0.6 is 11.6 Å². The number of hydrazone groups is 1. The summed E-state index contributed by atoms with van der Waals surface area (Å²) >= 11 is 5.98. The Hall–Kier alpha value is -2.00. The molecule has 106 valence electrons. The molecular formula is C17H15ClN2O. The van der Waals surface area contributed by atoms with Crippen molar-refractivity contribution in [1.29, 1.82) is 0 Å². The molecule has 0 N–H and O–H groups in total. The normalized spacial score (nSPS) is 23.1. The van der Waals surface area contributed by atoms with Crippen LogP contribution < -0.4 is 4.74 Å². The van der Waals surface area contributed by atoms with E-state index in [1.807, 2.05) is 36.4 Å². The van der Waals surface area contributed by atoms with E-state index < -0.39 is 0 Å². The Kier molecular flexibility index (Phi) is 2.89. The van der Waals surface area contributed by atoms with E-state index in [-0.39, 0.29) is 12.3 Å². The van der Waals surface area contributed by atoms with E-state index in [2.05, 4.69) is 29.2 Å². The molecule has 0 unspecified atom stereocenters. The third kappa shape index (κ3) is 2.09. The van der Waals surface area contributed by atoms with Gasteiger partial charge in [-0.3, -0.25) is 0 Å². The van der Waals surface area contributed by atoms with Gasteiger partial charge in [-0.05, 0) is 25.1 Å². The van der Waals surface area contributed by atoms with E-state index >= 15 is 0 Å². The summed E-state index contributed by atoms with van der Waals surface area (Å²) in [7, 11) is 0. The number of rotatable bonds is 1.